The molecule has 22 heavy (non-hydrogen) atoms. The number of amides is 1. The van der Waals surface area contributed by atoms with Crippen molar-refractivity contribution in [2.45, 2.75) is 32.0 Å². The first-order valence-corrected chi connectivity index (χ1v) is 7.75. The minimum Gasteiger partial charge on any atom is -0.351 e. The summed E-state index contributed by atoms with van der Waals surface area (Å²) in [6.07, 6.45) is 5.73. The Balaban J connectivity index is 1.56. The number of aromatic nitrogens is 2. The molecule has 0 aliphatic carbocycles. The van der Waals surface area contributed by atoms with Gasteiger partial charge in [0.2, 0.25) is 5.91 Å². The summed E-state index contributed by atoms with van der Waals surface area (Å²) < 4.78 is 1.75. The zero-order valence-electron chi connectivity index (χ0n) is 12.9. The van der Waals surface area contributed by atoms with Crippen LogP contribution in [0.2, 0.25) is 0 Å². The van der Waals surface area contributed by atoms with E-state index in [1.54, 1.807) is 10.9 Å². The van der Waals surface area contributed by atoms with Crippen molar-refractivity contribution in [3.63, 3.8) is 0 Å². The lowest BCUT2D eigenvalue weighted by molar-refractivity contribution is -0.125. The van der Waals surface area contributed by atoms with Gasteiger partial charge in [-0.3, -0.25) is 14.4 Å². The first-order chi connectivity index (χ1) is 10.7. The SMILES string of the molecule is Cn1cc(CNC(=O)C2CCCN2Cc2ccccc2)cn1. The van der Waals surface area contributed by atoms with Gasteiger partial charge in [0.05, 0.1) is 12.2 Å². The van der Waals surface area contributed by atoms with Crippen LogP contribution in [-0.2, 0) is 24.9 Å². The van der Waals surface area contributed by atoms with Crippen molar-refractivity contribution in [2.75, 3.05) is 6.54 Å². The Morgan fingerprint density at radius 2 is 2.14 bits per heavy atom. The van der Waals surface area contributed by atoms with Crippen LogP contribution in [0.25, 0.3) is 0 Å². The largest absolute Gasteiger partial charge is 0.351 e. The maximum atomic E-state index is 12.4. The molecule has 1 unspecified atom stereocenters. The number of hydrogen-bond donors (Lipinski definition) is 1. The molecular formula is C17H22N4O. The molecule has 3 rings (SSSR count). The number of aryl methyl sites for hydroxylation is 1. The molecule has 1 aliphatic heterocycles. The Bertz CT molecular complexity index is 623. The number of likely N-dealkylation sites (tertiary alicyclic amines) is 1. The van der Waals surface area contributed by atoms with E-state index >= 15 is 0 Å². The molecule has 1 aromatic heterocycles. The molecular weight excluding hydrogens is 276 g/mol. The summed E-state index contributed by atoms with van der Waals surface area (Å²) >= 11 is 0. The predicted octanol–water partition coefficient (Wildman–Crippen LogP) is 1.70. The molecule has 1 atom stereocenters. The van der Waals surface area contributed by atoms with E-state index in [4.69, 9.17) is 0 Å². The van der Waals surface area contributed by atoms with Gasteiger partial charge < -0.3 is 5.32 Å². The second-order valence-electron chi connectivity index (χ2n) is 5.85. The number of carbonyl (C=O) groups excluding carboxylic acids is 1. The zero-order chi connectivity index (χ0) is 15.4. The second-order valence-corrected chi connectivity index (χ2v) is 5.85. The first-order valence-electron chi connectivity index (χ1n) is 7.75. The predicted molar refractivity (Wildman–Crippen MR) is 84.9 cm³/mol. The fourth-order valence-electron chi connectivity index (χ4n) is 3.00. The highest BCUT2D eigenvalue weighted by Crippen LogP contribution is 2.20. The fraction of sp³-hybridized carbons (Fsp3) is 0.412. The van der Waals surface area contributed by atoms with Crippen molar-refractivity contribution in [3.8, 4) is 0 Å². The highest BCUT2D eigenvalue weighted by molar-refractivity contribution is 5.82. The lowest BCUT2D eigenvalue weighted by atomic mass is 10.1. The monoisotopic (exact) mass is 298 g/mol. The minimum absolute atomic E-state index is 0.0168. The maximum Gasteiger partial charge on any atom is 0.237 e. The van der Waals surface area contributed by atoms with Crippen LogP contribution in [0, 0.1) is 0 Å². The van der Waals surface area contributed by atoms with Crippen molar-refractivity contribution >= 4 is 5.91 Å². The van der Waals surface area contributed by atoms with Crippen molar-refractivity contribution in [1.29, 1.82) is 0 Å². The molecule has 1 aliphatic rings. The van der Waals surface area contributed by atoms with Crippen LogP contribution in [0.3, 0.4) is 0 Å². The van der Waals surface area contributed by atoms with E-state index in [1.165, 1.54) is 5.56 Å². The number of rotatable bonds is 5. The Morgan fingerprint density at radius 3 is 2.86 bits per heavy atom. The van der Waals surface area contributed by atoms with Gasteiger partial charge in [-0.15, -0.1) is 0 Å². The maximum absolute atomic E-state index is 12.4. The van der Waals surface area contributed by atoms with Crippen molar-refractivity contribution in [3.05, 3.63) is 53.9 Å². The molecule has 0 radical (unpaired) electrons. The van der Waals surface area contributed by atoms with E-state index in [-0.39, 0.29) is 11.9 Å². The average Bonchev–Trinajstić information content (AvgIpc) is 3.15. The summed E-state index contributed by atoms with van der Waals surface area (Å²) in [5, 5.41) is 7.15. The van der Waals surface area contributed by atoms with E-state index in [0.717, 1.165) is 31.5 Å². The smallest absolute Gasteiger partial charge is 0.237 e. The first kappa shape index (κ1) is 14.8. The van der Waals surface area contributed by atoms with Crippen LogP contribution in [0.1, 0.15) is 24.0 Å². The van der Waals surface area contributed by atoms with Crippen LogP contribution < -0.4 is 5.32 Å². The van der Waals surface area contributed by atoms with Gasteiger partial charge in [0.25, 0.3) is 0 Å². The van der Waals surface area contributed by atoms with Crippen LogP contribution in [0.4, 0.5) is 0 Å². The Kier molecular flexibility index (Phi) is 4.53. The summed E-state index contributed by atoms with van der Waals surface area (Å²) in [6, 6.07) is 10.3. The number of nitrogens with zero attached hydrogens (tertiary/aromatic N) is 3. The third-order valence-corrected chi connectivity index (χ3v) is 4.12. The van der Waals surface area contributed by atoms with E-state index in [9.17, 15) is 4.79 Å². The minimum atomic E-state index is -0.0168. The molecule has 5 heteroatoms. The van der Waals surface area contributed by atoms with E-state index in [1.807, 2.05) is 31.4 Å². The Morgan fingerprint density at radius 1 is 1.32 bits per heavy atom. The summed E-state index contributed by atoms with van der Waals surface area (Å²) in [6.45, 7) is 2.37. The van der Waals surface area contributed by atoms with Gasteiger partial charge in [-0.05, 0) is 24.9 Å². The molecule has 1 N–H and O–H groups in total. The summed E-state index contributed by atoms with van der Waals surface area (Å²) in [7, 11) is 1.88. The van der Waals surface area contributed by atoms with Gasteiger partial charge in [0.15, 0.2) is 0 Å². The topological polar surface area (TPSA) is 50.2 Å². The molecule has 0 spiro atoms. The molecule has 5 nitrogen and oxygen atoms in total. The average molecular weight is 298 g/mol. The Hall–Kier alpha value is -2.14. The van der Waals surface area contributed by atoms with E-state index in [2.05, 4.69) is 27.4 Å². The molecule has 1 aromatic carbocycles. The molecule has 1 saturated heterocycles. The van der Waals surface area contributed by atoms with E-state index < -0.39 is 0 Å². The summed E-state index contributed by atoms with van der Waals surface area (Å²) in [5.74, 6) is 0.122. The van der Waals surface area contributed by atoms with Gasteiger partial charge in [0.1, 0.15) is 0 Å². The fourth-order valence-corrected chi connectivity index (χ4v) is 3.00. The molecule has 2 aromatic rings. The zero-order valence-corrected chi connectivity index (χ0v) is 12.9. The van der Waals surface area contributed by atoms with Crippen molar-refractivity contribution in [2.24, 2.45) is 7.05 Å². The van der Waals surface area contributed by atoms with Crippen molar-refractivity contribution in [1.82, 2.24) is 20.0 Å². The molecule has 2 heterocycles. The standard InChI is InChI=1S/C17H22N4O/c1-20-12-15(11-19-20)10-18-17(22)16-8-5-9-21(16)13-14-6-3-2-4-7-14/h2-4,6-7,11-12,16H,5,8-10,13H2,1H3,(H,18,22). The summed E-state index contributed by atoms with van der Waals surface area (Å²) in [5.41, 5.74) is 2.29. The number of benzene rings is 1. The van der Waals surface area contributed by atoms with E-state index in [0.29, 0.717) is 6.54 Å². The number of nitrogens with one attached hydrogen (secondary N) is 1. The van der Waals surface area contributed by atoms with Gasteiger partial charge >= 0.3 is 0 Å². The third-order valence-electron chi connectivity index (χ3n) is 4.12. The van der Waals surface area contributed by atoms with Gasteiger partial charge in [-0.25, -0.2) is 0 Å². The van der Waals surface area contributed by atoms with Gasteiger partial charge in [-0.1, -0.05) is 30.3 Å². The normalized spacial score (nSPS) is 18.5. The van der Waals surface area contributed by atoms with Crippen LogP contribution >= 0.6 is 0 Å². The quantitative estimate of drug-likeness (QED) is 0.914. The molecule has 1 fully saturated rings. The molecule has 116 valence electrons. The van der Waals surface area contributed by atoms with Crippen LogP contribution in [0.5, 0.6) is 0 Å². The molecule has 0 saturated carbocycles. The number of hydrogen-bond acceptors (Lipinski definition) is 3. The van der Waals surface area contributed by atoms with Crippen LogP contribution in [-0.4, -0.2) is 33.2 Å². The van der Waals surface area contributed by atoms with Crippen molar-refractivity contribution < 1.29 is 4.79 Å². The third kappa shape index (κ3) is 3.54. The molecule has 1 amide bonds. The van der Waals surface area contributed by atoms with Gasteiger partial charge in [-0.2, -0.15) is 5.10 Å². The summed E-state index contributed by atoms with van der Waals surface area (Å²) in [4.78, 5) is 14.7. The van der Waals surface area contributed by atoms with Gasteiger partial charge in [0, 0.05) is 31.9 Å². The lowest BCUT2D eigenvalue weighted by Crippen LogP contribution is -2.42. The van der Waals surface area contributed by atoms with Crippen LogP contribution in [0.15, 0.2) is 42.7 Å². The molecule has 0 bridgehead atoms. The highest BCUT2D eigenvalue weighted by atomic mass is 16.2. The Labute approximate surface area is 130 Å². The second kappa shape index (κ2) is 6.75. The number of carbonyl (C=O) groups is 1. The lowest BCUT2D eigenvalue weighted by Gasteiger charge is -2.23. The highest BCUT2D eigenvalue weighted by Gasteiger charge is 2.30.